The van der Waals surface area contributed by atoms with Crippen molar-refractivity contribution in [2.45, 2.75) is 44.1 Å². The van der Waals surface area contributed by atoms with Gasteiger partial charge >= 0.3 is 6.03 Å². The topological polar surface area (TPSA) is 119 Å². The quantitative estimate of drug-likeness (QED) is 0.494. The molecule has 5 aliphatic rings. The van der Waals surface area contributed by atoms with Crippen molar-refractivity contribution >= 4 is 28.8 Å². The monoisotopic (exact) mass is 543 g/mol. The molecule has 1 saturated heterocycles. The number of nitrogens with zero attached hydrogens (tertiary/aromatic N) is 5. The van der Waals surface area contributed by atoms with Crippen molar-refractivity contribution < 1.29 is 14.3 Å². The number of anilines is 2. The Labute approximate surface area is 234 Å². The highest BCUT2D eigenvalue weighted by molar-refractivity contribution is 5.89. The Balaban J connectivity index is 1.09. The van der Waals surface area contributed by atoms with Crippen molar-refractivity contribution in [2.24, 2.45) is 17.8 Å². The second-order valence-electron chi connectivity index (χ2n) is 12.1. The zero-order chi connectivity index (χ0) is 27.4. The fourth-order valence-electron chi connectivity index (χ4n) is 8.08. The van der Waals surface area contributed by atoms with E-state index in [1.54, 1.807) is 14.2 Å². The van der Waals surface area contributed by atoms with Gasteiger partial charge in [0.05, 0.1) is 25.4 Å². The lowest BCUT2D eigenvalue weighted by Gasteiger charge is -2.57. The lowest BCUT2D eigenvalue weighted by Crippen LogP contribution is -2.63. The van der Waals surface area contributed by atoms with Gasteiger partial charge in [-0.05, 0) is 86.6 Å². The minimum atomic E-state index is 0.0186. The summed E-state index contributed by atoms with van der Waals surface area (Å²) in [5, 5.41) is 3.52. The number of hydrogen-bond acceptors (Lipinski definition) is 8. The van der Waals surface area contributed by atoms with E-state index in [1.165, 1.54) is 19.3 Å². The van der Waals surface area contributed by atoms with Gasteiger partial charge in [-0.25, -0.2) is 14.8 Å². The van der Waals surface area contributed by atoms with Crippen LogP contribution >= 0.6 is 0 Å². The van der Waals surface area contributed by atoms with E-state index in [0.717, 1.165) is 48.3 Å². The van der Waals surface area contributed by atoms with Gasteiger partial charge in [-0.3, -0.25) is 0 Å². The van der Waals surface area contributed by atoms with Crippen molar-refractivity contribution in [2.75, 3.05) is 51.0 Å². The molecule has 2 amide bonds. The zero-order valence-electron chi connectivity index (χ0n) is 23.2. The number of nitrogen functional groups attached to an aromatic ring is 1. The molecule has 40 heavy (non-hydrogen) atoms. The summed E-state index contributed by atoms with van der Waals surface area (Å²) in [4.78, 5) is 31.5. The lowest BCUT2D eigenvalue weighted by molar-refractivity contribution is -0.0157. The minimum absolute atomic E-state index is 0.0186. The maximum Gasteiger partial charge on any atom is 0.317 e. The van der Waals surface area contributed by atoms with Crippen LogP contribution in [-0.2, 0) is 0 Å². The molecule has 0 atom stereocenters. The number of urea groups is 1. The number of carbonyl (C=O) groups is 1. The first kappa shape index (κ1) is 25.2. The van der Waals surface area contributed by atoms with E-state index in [9.17, 15) is 4.79 Å². The number of nitrogens with one attached hydrogen (secondary N) is 1. The minimum Gasteiger partial charge on any atom is -0.493 e. The standard InChI is InChI=1S/C30H37N7O3/c1-39-24-6-3-21(14-25(24)40-2)22-4-5-23-26(32-22)27(34-28(31)33-23)36-7-9-37(10-8-36)29(38)35-30-15-18-11-19(16-30)13-20(12-18)17-30/h3-6,14,18-20H,7-13,15-17H2,1-2H3,(H,35,38)(H2,31,33,34). The molecule has 10 nitrogen and oxygen atoms in total. The Hall–Kier alpha value is -3.82. The number of piperazine rings is 1. The first-order valence-electron chi connectivity index (χ1n) is 14.4. The third-order valence-corrected chi connectivity index (χ3v) is 9.50. The maximum atomic E-state index is 13.4. The highest BCUT2D eigenvalue weighted by Gasteiger charge is 2.51. The number of hydrogen-bond donors (Lipinski definition) is 2. The number of nitrogens with two attached hydrogens (primary N) is 1. The summed E-state index contributed by atoms with van der Waals surface area (Å²) in [6.45, 7) is 2.56. The van der Waals surface area contributed by atoms with Crippen molar-refractivity contribution in [3.05, 3.63) is 30.3 Å². The molecule has 210 valence electrons. The molecule has 0 radical (unpaired) electrons. The maximum absolute atomic E-state index is 13.4. The third kappa shape index (κ3) is 4.43. The van der Waals surface area contributed by atoms with Crippen LogP contribution in [0.3, 0.4) is 0 Å². The Kier molecular flexibility index (Phi) is 6.09. The third-order valence-electron chi connectivity index (χ3n) is 9.50. The van der Waals surface area contributed by atoms with Crippen LogP contribution in [0.25, 0.3) is 22.3 Å². The van der Waals surface area contributed by atoms with E-state index >= 15 is 0 Å². The predicted octanol–water partition coefficient (Wildman–Crippen LogP) is 4.09. The number of ether oxygens (including phenoxy) is 2. The summed E-state index contributed by atoms with van der Waals surface area (Å²) in [6.07, 6.45) is 7.57. The normalized spacial score (nSPS) is 27.2. The zero-order valence-corrected chi connectivity index (χ0v) is 23.2. The lowest BCUT2D eigenvalue weighted by atomic mass is 9.53. The van der Waals surface area contributed by atoms with Crippen LogP contribution in [0.5, 0.6) is 11.5 Å². The Morgan fingerprint density at radius 1 is 0.900 bits per heavy atom. The summed E-state index contributed by atoms with van der Waals surface area (Å²) in [5.74, 6) is 4.62. The van der Waals surface area contributed by atoms with Crippen molar-refractivity contribution in [1.82, 2.24) is 25.2 Å². The summed E-state index contributed by atoms with van der Waals surface area (Å²) in [6, 6.07) is 9.66. The second kappa shape index (κ2) is 9.67. The molecule has 4 saturated carbocycles. The SMILES string of the molecule is COc1ccc(-c2ccc3nc(N)nc(N4CCN(C(=O)NC56CC7CC(CC(C7)C5)C6)CC4)c3n2)cc1OC. The number of pyridine rings is 1. The molecule has 3 N–H and O–H groups in total. The van der Waals surface area contributed by atoms with Crippen molar-refractivity contribution in [3.63, 3.8) is 0 Å². The highest BCUT2D eigenvalue weighted by atomic mass is 16.5. The van der Waals surface area contributed by atoms with Crippen LogP contribution in [0.2, 0.25) is 0 Å². The average Bonchev–Trinajstić information content (AvgIpc) is 2.95. The molecule has 2 aromatic heterocycles. The molecule has 1 aliphatic heterocycles. The molecule has 0 unspecified atom stereocenters. The largest absolute Gasteiger partial charge is 0.493 e. The molecule has 3 aromatic rings. The van der Waals surface area contributed by atoms with E-state index < -0.39 is 0 Å². The van der Waals surface area contributed by atoms with Crippen LogP contribution < -0.4 is 25.4 Å². The van der Waals surface area contributed by atoms with Crippen molar-refractivity contribution in [3.8, 4) is 22.8 Å². The van der Waals surface area contributed by atoms with Gasteiger partial charge in [0, 0.05) is 37.3 Å². The smallest absolute Gasteiger partial charge is 0.317 e. The van der Waals surface area contributed by atoms with E-state index in [4.69, 9.17) is 20.2 Å². The number of aromatic nitrogens is 3. The van der Waals surface area contributed by atoms with Crippen LogP contribution in [0.1, 0.15) is 38.5 Å². The summed E-state index contributed by atoms with van der Waals surface area (Å²) >= 11 is 0. The van der Waals surface area contributed by atoms with Gasteiger partial charge < -0.3 is 30.3 Å². The molecular weight excluding hydrogens is 506 g/mol. The summed E-state index contributed by atoms with van der Waals surface area (Å²) in [7, 11) is 3.24. The Morgan fingerprint density at radius 3 is 2.23 bits per heavy atom. The van der Waals surface area contributed by atoms with E-state index in [2.05, 4.69) is 20.2 Å². The molecule has 3 heterocycles. The second-order valence-corrected chi connectivity index (χ2v) is 12.1. The van der Waals surface area contributed by atoms with Gasteiger partial charge in [-0.1, -0.05) is 0 Å². The number of rotatable bonds is 5. The molecule has 10 heteroatoms. The molecule has 0 spiro atoms. The molecular formula is C30H37N7O3. The molecule has 5 fully saturated rings. The molecule has 4 bridgehead atoms. The fraction of sp³-hybridized carbons (Fsp3) is 0.533. The van der Waals surface area contributed by atoms with E-state index in [0.29, 0.717) is 54.5 Å². The van der Waals surface area contributed by atoms with Gasteiger partial charge in [-0.2, -0.15) is 4.98 Å². The predicted molar refractivity (Wildman–Crippen MR) is 154 cm³/mol. The van der Waals surface area contributed by atoms with Gasteiger partial charge in [-0.15, -0.1) is 0 Å². The highest BCUT2D eigenvalue weighted by Crippen LogP contribution is 2.55. The average molecular weight is 544 g/mol. The number of carbonyl (C=O) groups excluding carboxylic acids is 1. The van der Waals surface area contributed by atoms with Crippen LogP contribution in [0, 0.1) is 17.8 Å². The number of amides is 2. The molecule has 1 aromatic carbocycles. The van der Waals surface area contributed by atoms with Gasteiger partial charge in [0.2, 0.25) is 5.95 Å². The molecule has 8 rings (SSSR count). The van der Waals surface area contributed by atoms with Gasteiger partial charge in [0.15, 0.2) is 17.3 Å². The summed E-state index contributed by atoms with van der Waals surface area (Å²) < 4.78 is 10.9. The van der Waals surface area contributed by atoms with Crippen LogP contribution in [0.4, 0.5) is 16.6 Å². The number of benzene rings is 1. The Morgan fingerprint density at radius 2 is 1.57 bits per heavy atom. The van der Waals surface area contributed by atoms with Crippen LogP contribution in [0.15, 0.2) is 30.3 Å². The molecule has 4 aliphatic carbocycles. The van der Waals surface area contributed by atoms with Gasteiger partial charge in [0.1, 0.15) is 5.52 Å². The summed E-state index contributed by atoms with van der Waals surface area (Å²) in [5.41, 5.74) is 9.18. The van der Waals surface area contributed by atoms with Crippen molar-refractivity contribution in [1.29, 1.82) is 0 Å². The van der Waals surface area contributed by atoms with E-state index in [1.807, 2.05) is 35.2 Å². The fourth-order valence-corrected chi connectivity index (χ4v) is 8.08. The number of methoxy groups -OCH3 is 2. The number of fused-ring (bicyclic) bond motifs is 1. The first-order valence-corrected chi connectivity index (χ1v) is 14.4. The van der Waals surface area contributed by atoms with Gasteiger partial charge in [0.25, 0.3) is 0 Å². The first-order chi connectivity index (χ1) is 19.4. The Bertz CT molecular complexity index is 1420. The van der Waals surface area contributed by atoms with E-state index in [-0.39, 0.29) is 17.5 Å². The van der Waals surface area contributed by atoms with Crippen LogP contribution in [-0.4, -0.2) is 71.8 Å².